The van der Waals surface area contributed by atoms with Gasteiger partial charge in [0.05, 0.1) is 12.6 Å². The van der Waals surface area contributed by atoms with Crippen molar-refractivity contribution >= 4 is 30.1 Å². The standard InChI is InChI=1S/C10H16N2Si.C9H13BrN2O2/c1-9-11-8-10(12-9)6-5-7-13(2,3)4;1-6-11-5-7(10)12(6)8(13)14-9(2,3)4/h8H,6H2,1-4H3,(H,11,12);5H,1-4H3. The van der Waals surface area contributed by atoms with E-state index in [9.17, 15) is 4.79 Å². The summed E-state index contributed by atoms with van der Waals surface area (Å²) in [5.74, 6) is 4.76. The molecule has 0 radical (unpaired) electrons. The lowest BCUT2D eigenvalue weighted by atomic mass is 10.2. The van der Waals surface area contributed by atoms with Gasteiger partial charge in [0.25, 0.3) is 0 Å². The number of H-pyrrole nitrogens is 1. The zero-order valence-corrected chi connectivity index (χ0v) is 20.0. The van der Waals surface area contributed by atoms with Crippen molar-refractivity contribution in [2.24, 2.45) is 0 Å². The number of imidazole rings is 2. The van der Waals surface area contributed by atoms with Crippen LogP contribution >= 0.6 is 15.9 Å². The summed E-state index contributed by atoms with van der Waals surface area (Å²) < 4.78 is 7.18. The number of rotatable bonds is 1. The molecule has 2 rings (SSSR count). The molecule has 8 heteroatoms. The Bertz CT molecular complexity index is 813. The van der Waals surface area contributed by atoms with E-state index < -0.39 is 19.8 Å². The second-order valence-electron chi connectivity index (χ2n) is 8.17. The maximum atomic E-state index is 11.6. The zero-order valence-electron chi connectivity index (χ0n) is 17.4. The average Bonchev–Trinajstić information content (AvgIpc) is 3.02. The molecule has 2 aromatic rings. The summed E-state index contributed by atoms with van der Waals surface area (Å²) >= 11 is 3.22. The van der Waals surface area contributed by atoms with Gasteiger partial charge in [0.15, 0.2) is 0 Å². The molecule has 0 saturated heterocycles. The highest BCUT2D eigenvalue weighted by Crippen LogP contribution is 2.15. The number of carbonyl (C=O) groups excluding carboxylic acids is 1. The Labute approximate surface area is 171 Å². The van der Waals surface area contributed by atoms with Gasteiger partial charge in [0.1, 0.15) is 29.9 Å². The van der Waals surface area contributed by atoms with Gasteiger partial charge in [-0.2, -0.15) is 0 Å². The highest BCUT2D eigenvalue weighted by Gasteiger charge is 2.20. The van der Waals surface area contributed by atoms with Crippen molar-refractivity contribution in [3.8, 4) is 11.5 Å². The first kappa shape index (κ1) is 23.2. The third-order valence-electron chi connectivity index (χ3n) is 2.97. The minimum absolute atomic E-state index is 0.417. The molecule has 0 aliphatic carbocycles. The predicted octanol–water partition coefficient (Wildman–Crippen LogP) is 4.88. The van der Waals surface area contributed by atoms with Crippen molar-refractivity contribution in [1.82, 2.24) is 19.5 Å². The summed E-state index contributed by atoms with van der Waals surface area (Å²) in [6.07, 6.45) is 3.80. The summed E-state index contributed by atoms with van der Waals surface area (Å²) in [6.45, 7) is 15.9. The van der Waals surface area contributed by atoms with Crippen molar-refractivity contribution in [2.75, 3.05) is 0 Å². The zero-order chi connectivity index (χ0) is 20.8. The molecule has 1 N–H and O–H groups in total. The quantitative estimate of drug-likeness (QED) is 0.494. The lowest BCUT2D eigenvalue weighted by molar-refractivity contribution is 0.0530. The smallest absolute Gasteiger partial charge is 0.420 e. The van der Waals surface area contributed by atoms with Crippen molar-refractivity contribution in [3.63, 3.8) is 0 Å². The van der Waals surface area contributed by atoms with Crippen LogP contribution in [0.3, 0.4) is 0 Å². The molecule has 0 saturated carbocycles. The third kappa shape index (κ3) is 9.06. The lowest BCUT2D eigenvalue weighted by Crippen LogP contribution is -2.27. The van der Waals surface area contributed by atoms with Gasteiger partial charge >= 0.3 is 6.09 Å². The molecule has 0 aliphatic heterocycles. The van der Waals surface area contributed by atoms with E-state index in [1.807, 2.05) is 33.9 Å². The fraction of sp³-hybridized carbons (Fsp3) is 0.526. The van der Waals surface area contributed by atoms with Crippen LogP contribution in [0, 0.1) is 25.3 Å². The van der Waals surface area contributed by atoms with Crippen LogP contribution in [0.4, 0.5) is 4.79 Å². The number of aromatic nitrogens is 4. The SMILES string of the molecule is Cc1ncc(Br)n1C(=O)OC(C)(C)C.Cc1ncc(CC#C[Si](C)(C)C)[nH]1. The summed E-state index contributed by atoms with van der Waals surface area (Å²) in [6, 6.07) is 0. The van der Waals surface area contributed by atoms with Crippen molar-refractivity contribution in [1.29, 1.82) is 0 Å². The van der Waals surface area contributed by atoms with Crippen LogP contribution in [0.1, 0.15) is 38.1 Å². The van der Waals surface area contributed by atoms with Gasteiger partial charge in [-0.1, -0.05) is 19.6 Å². The van der Waals surface area contributed by atoms with E-state index in [-0.39, 0.29) is 0 Å². The maximum Gasteiger partial charge on any atom is 0.420 e. The number of aromatic amines is 1. The maximum absolute atomic E-state index is 11.6. The van der Waals surface area contributed by atoms with E-state index in [1.165, 1.54) is 4.57 Å². The number of hydrogen-bond acceptors (Lipinski definition) is 4. The monoisotopic (exact) mass is 452 g/mol. The lowest BCUT2D eigenvalue weighted by Gasteiger charge is -2.20. The van der Waals surface area contributed by atoms with Gasteiger partial charge in [0, 0.05) is 11.9 Å². The molecule has 148 valence electrons. The van der Waals surface area contributed by atoms with Crippen LogP contribution in [-0.4, -0.2) is 39.3 Å². The van der Waals surface area contributed by atoms with Crippen LogP contribution < -0.4 is 0 Å². The minimum atomic E-state index is -1.20. The summed E-state index contributed by atoms with van der Waals surface area (Å²) in [5.41, 5.74) is 3.94. The van der Waals surface area contributed by atoms with E-state index in [0.717, 1.165) is 17.9 Å². The molecule has 2 heterocycles. The minimum Gasteiger partial charge on any atom is -0.443 e. The van der Waals surface area contributed by atoms with Crippen LogP contribution in [0.2, 0.25) is 19.6 Å². The number of ether oxygens (including phenoxy) is 1. The normalized spacial score (nSPS) is 11.1. The molecule has 0 atom stereocenters. The Balaban J connectivity index is 0.000000271. The van der Waals surface area contributed by atoms with E-state index in [1.54, 1.807) is 13.1 Å². The predicted molar refractivity (Wildman–Crippen MR) is 114 cm³/mol. The molecule has 0 aromatic carbocycles. The molecule has 0 spiro atoms. The molecule has 0 bridgehead atoms. The van der Waals surface area contributed by atoms with Crippen molar-refractivity contribution in [3.05, 3.63) is 34.3 Å². The van der Waals surface area contributed by atoms with E-state index in [0.29, 0.717) is 10.4 Å². The average molecular weight is 453 g/mol. The number of nitrogens with zero attached hydrogens (tertiary/aromatic N) is 3. The summed E-state index contributed by atoms with van der Waals surface area (Å²) in [5, 5.41) is 0. The largest absolute Gasteiger partial charge is 0.443 e. The summed E-state index contributed by atoms with van der Waals surface area (Å²) in [4.78, 5) is 22.9. The molecule has 0 aliphatic rings. The molecule has 6 nitrogen and oxygen atoms in total. The van der Waals surface area contributed by atoms with Crippen LogP contribution in [0.5, 0.6) is 0 Å². The van der Waals surface area contributed by atoms with Crippen LogP contribution in [-0.2, 0) is 11.2 Å². The van der Waals surface area contributed by atoms with Gasteiger partial charge in [-0.15, -0.1) is 11.5 Å². The number of carbonyl (C=O) groups is 1. The van der Waals surface area contributed by atoms with Gasteiger partial charge in [-0.05, 0) is 50.5 Å². The van der Waals surface area contributed by atoms with E-state index in [4.69, 9.17) is 4.74 Å². The number of nitrogens with one attached hydrogen (secondary N) is 1. The van der Waals surface area contributed by atoms with Gasteiger partial charge in [-0.25, -0.2) is 19.3 Å². The number of hydrogen-bond donors (Lipinski definition) is 1. The number of halogens is 1. The van der Waals surface area contributed by atoms with Gasteiger partial charge in [0.2, 0.25) is 0 Å². The van der Waals surface area contributed by atoms with Crippen molar-refractivity contribution < 1.29 is 9.53 Å². The highest BCUT2D eigenvalue weighted by molar-refractivity contribution is 9.10. The molecule has 0 unspecified atom stereocenters. The Hall–Kier alpha value is -1.85. The Morgan fingerprint density at radius 1 is 1.26 bits per heavy atom. The van der Waals surface area contributed by atoms with Gasteiger partial charge < -0.3 is 9.72 Å². The fourth-order valence-electron chi connectivity index (χ4n) is 1.91. The van der Waals surface area contributed by atoms with Gasteiger partial charge in [-0.3, -0.25) is 0 Å². The van der Waals surface area contributed by atoms with Crippen LogP contribution in [0.15, 0.2) is 17.0 Å². The topological polar surface area (TPSA) is 72.8 Å². The second kappa shape index (κ2) is 9.38. The fourth-order valence-corrected chi connectivity index (χ4v) is 3.03. The molecule has 0 fully saturated rings. The van der Waals surface area contributed by atoms with Crippen molar-refractivity contribution in [2.45, 2.75) is 66.3 Å². The molecule has 0 amide bonds. The Morgan fingerprint density at radius 3 is 2.30 bits per heavy atom. The first-order chi connectivity index (χ1) is 12.3. The first-order valence-corrected chi connectivity index (χ1v) is 13.0. The van der Waals surface area contributed by atoms with Crippen LogP contribution in [0.25, 0.3) is 0 Å². The first-order valence-electron chi connectivity index (χ1n) is 8.72. The second-order valence-corrected chi connectivity index (χ2v) is 13.7. The Morgan fingerprint density at radius 2 is 1.89 bits per heavy atom. The van der Waals surface area contributed by atoms with E-state index >= 15 is 0 Å². The molecule has 2 aromatic heterocycles. The third-order valence-corrected chi connectivity index (χ3v) is 4.46. The Kier molecular flexibility index (Phi) is 8.05. The highest BCUT2D eigenvalue weighted by atomic mass is 79.9. The molecular weight excluding hydrogens is 424 g/mol. The number of aryl methyl sites for hydroxylation is 2. The molecular formula is C19H29BrN4O2Si. The van der Waals surface area contributed by atoms with E-state index in [2.05, 4.69) is 62.0 Å². The summed E-state index contributed by atoms with van der Waals surface area (Å²) in [7, 11) is -1.20. The molecule has 27 heavy (non-hydrogen) atoms.